The van der Waals surface area contributed by atoms with Gasteiger partial charge < -0.3 is 38.6 Å². The summed E-state index contributed by atoms with van der Waals surface area (Å²) in [6.07, 6.45) is 7.08. The Balaban J connectivity index is 0.000000194. The van der Waals surface area contributed by atoms with Crippen LogP contribution in [-0.4, -0.2) is 92.4 Å². The van der Waals surface area contributed by atoms with Gasteiger partial charge in [0.2, 0.25) is 11.8 Å². The number of pyridine rings is 2. The summed E-state index contributed by atoms with van der Waals surface area (Å²) >= 11 is 0. The maximum absolute atomic E-state index is 12.7. The number of hydrogen-bond acceptors (Lipinski definition) is 10. The molecule has 8 atom stereocenters. The molecule has 2 fully saturated rings. The molecule has 14 nitrogen and oxygen atoms in total. The predicted molar refractivity (Wildman–Crippen MR) is 181 cm³/mol. The fraction of sp³-hybridized carbons (Fsp3) is 0.500. The Hall–Kier alpha value is -4.82. The normalized spacial score (nSPS) is 27.4. The average molecular weight is 693 g/mol. The number of fused-ring (bicyclic) bond motifs is 6. The van der Waals surface area contributed by atoms with Gasteiger partial charge in [-0.15, -0.1) is 0 Å². The molecule has 4 aliphatic heterocycles. The van der Waals surface area contributed by atoms with E-state index in [1.54, 1.807) is 45.6 Å². The molecule has 14 heteroatoms. The quantitative estimate of drug-likeness (QED) is 0.417. The first kappa shape index (κ1) is 36.5. The van der Waals surface area contributed by atoms with Gasteiger partial charge in [0.1, 0.15) is 12.1 Å². The lowest BCUT2D eigenvalue weighted by Gasteiger charge is -2.28. The molecule has 50 heavy (non-hydrogen) atoms. The third-order valence-electron chi connectivity index (χ3n) is 10.5. The molecule has 2 N–H and O–H groups in total. The number of aromatic nitrogens is 2. The van der Waals surface area contributed by atoms with E-state index >= 15 is 0 Å². The Labute approximate surface area is 289 Å². The van der Waals surface area contributed by atoms with Crippen molar-refractivity contribution in [3.63, 3.8) is 0 Å². The third-order valence-corrected chi connectivity index (χ3v) is 10.5. The maximum atomic E-state index is 12.7. The largest absolute Gasteiger partial charge is 0.467 e. The smallest absolute Gasteiger partial charge is 0.328 e. The Kier molecular flexibility index (Phi) is 10.6. The molecule has 0 saturated carbocycles. The molecule has 6 heterocycles. The van der Waals surface area contributed by atoms with Gasteiger partial charge in [-0.2, -0.15) is 0 Å². The number of rotatable bonds is 6. The number of amides is 2. The van der Waals surface area contributed by atoms with Gasteiger partial charge in [0.05, 0.1) is 26.3 Å². The number of methoxy groups -OCH3 is 2. The number of aliphatic hydroxyl groups excluding tert-OH is 2. The van der Waals surface area contributed by atoms with Crippen molar-refractivity contribution in [2.75, 3.05) is 27.4 Å². The van der Waals surface area contributed by atoms with Crippen molar-refractivity contribution in [2.45, 2.75) is 65.0 Å². The lowest BCUT2D eigenvalue weighted by molar-refractivity contribution is -0.153. The van der Waals surface area contributed by atoms with Gasteiger partial charge in [0.25, 0.3) is 11.1 Å². The summed E-state index contributed by atoms with van der Waals surface area (Å²) in [7, 11) is 2.54. The first-order valence-electron chi connectivity index (χ1n) is 16.6. The number of carbonyl (C=O) groups excluding carboxylic acids is 4. The molecule has 2 amide bonds. The lowest BCUT2D eigenvalue weighted by atomic mass is 9.88. The molecule has 0 aliphatic carbocycles. The fourth-order valence-corrected chi connectivity index (χ4v) is 8.52. The van der Waals surface area contributed by atoms with Crippen LogP contribution in [0.5, 0.6) is 0 Å². The minimum absolute atomic E-state index is 0.125. The molecule has 2 aromatic heterocycles. The number of hydrogen-bond donors (Lipinski definition) is 2. The summed E-state index contributed by atoms with van der Waals surface area (Å²) in [6.45, 7) is 6.69. The Morgan fingerprint density at radius 1 is 0.700 bits per heavy atom. The van der Waals surface area contributed by atoms with Gasteiger partial charge in [0, 0.05) is 86.3 Å². The second kappa shape index (κ2) is 14.6. The van der Waals surface area contributed by atoms with E-state index in [0.717, 1.165) is 0 Å². The first-order chi connectivity index (χ1) is 23.9. The Morgan fingerprint density at radius 3 is 1.34 bits per heavy atom. The molecule has 0 spiro atoms. The lowest BCUT2D eigenvalue weighted by Crippen LogP contribution is -2.45. The van der Waals surface area contributed by atoms with Crippen LogP contribution in [-0.2, 0) is 41.7 Å². The van der Waals surface area contributed by atoms with Crippen LogP contribution < -0.4 is 11.1 Å². The van der Waals surface area contributed by atoms with Gasteiger partial charge in [0.15, 0.2) is 0 Å². The highest BCUT2D eigenvalue weighted by Crippen LogP contribution is 2.50. The molecule has 2 saturated heterocycles. The number of esters is 2. The van der Waals surface area contributed by atoms with Crippen LogP contribution in [0.3, 0.4) is 0 Å². The molecule has 4 aliphatic rings. The van der Waals surface area contributed by atoms with Gasteiger partial charge in [-0.3, -0.25) is 19.2 Å². The van der Waals surface area contributed by atoms with E-state index in [4.69, 9.17) is 9.47 Å². The summed E-state index contributed by atoms with van der Waals surface area (Å²) in [4.78, 5) is 77.3. The number of nitrogens with zero attached hydrogens (tertiary/aromatic N) is 4. The zero-order valence-electron chi connectivity index (χ0n) is 29.0. The molecule has 268 valence electrons. The molecule has 0 aromatic carbocycles. The summed E-state index contributed by atoms with van der Waals surface area (Å²) < 4.78 is 13.0. The van der Waals surface area contributed by atoms with Crippen molar-refractivity contribution >= 4 is 35.9 Å². The van der Waals surface area contributed by atoms with E-state index < -0.39 is 47.9 Å². The van der Waals surface area contributed by atoms with Crippen LogP contribution in [0.4, 0.5) is 0 Å². The van der Waals surface area contributed by atoms with E-state index in [0.29, 0.717) is 35.6 Å². The zero-order valence-corrected chi connectivity index (χ0v) is 29.0. The van der Waals surface area contributed by atoms with Crippen molar-refractivity contribution in [2.24, 2.45) is 23.7 Å². The van der Waals surface area contributed by atoms with Crippen molar-refractivity contribution in [3.8, 4) is 0 Å². The van der Waals surface area contributed by atoms with Crippen LogP contribution in [0, 0.1) is 23.7 Å². The van der Waals surface area contributed by atoms with Gasteiger partial charge in [-0.1, -0.05) is 24.3 Å². The molecule has 2 aromatic rings. The van der Waals surface area contributed by atoms with Crippen molar-refractivity contribution < 1.29 is 38.9 Å². The number of likely N-dealkylation sites (tertiary alicyclic amines) is 2. The predicted octanol–water partition coefficient (Wildman–Crippen LogP) is 1.13. The van der Waals surface area contributed by atoms with Crippen LogP contribution in [0.1, 0.15) is 62.3 Å². The van der Waals surface area contributed by atoms with Gasteiger partial charge in [-0.05, 0) is 38.1 Å². The van der Waals surface area contributed by atoms with Crippen LogP contribution >= 0.6 is 0 Å². The van der Waals surface area contributed by atoms with Crippen LogP contribution in [0.2, 0.25) is 0 Å². The van der Waals surface area contributed by atoms with Crippen LogP contribution in [0.15, 0.2) is 46.0 Å². The van der Waals surface area contributed by atoms with E-state index in [2.05, 4.69) is 0 Å². The SMILES string of the molecule is C/C=C/c1ccc2n(c1=O)C[C@H]1[C@H](CO)[C@@H](C(=O)OC)N(C(C)=O)[C@@H]21.C/C=C\c1ccc2n(c1=O)C[C@H]1[C@H](CO)[C@@H](C(=O)OC)N(C(C)=O)[C@@H]21. The second-order valence-corrected chi connectivity index (χ2v) is 13.0. The van der Waals surface area contributed by atoms with Crippen molar-refractivity contribution in [1.29, 1.82) is 0 Å². The van der Waals surface area contributed by atoms with E-state index in [9.17, 15) is 39.0 Å². The highest BCUT2D eigenvalue weighted by Gasteiger charge is 2.58. The minimum Gasteiger partial charge on any atom is -0.467 e. The standard InChI is InChI=1S/2C18H22N2O5/c2*1-4-5-11-6-7-14-15-12(8-19(14)17(11)23)13(9-21)16(18(24)25-3)20(15)10(2)22/h2*4-7,12-13,15-16,21H,8-9H2,1-3H3/b5-4+;5-4-/t2*12-,13-,15+,16-/m00/s1. The van der Waals surface area contributed by atoms with Crippen molar-refractivity contribution in [1.82, 2.24) is 18.9 Å². The molecular weight excluding hydrogens is 648 g/mol. The zero-order chi connectivity index (χ0) is 36.6. The van der Waals surface area contributed by atoms with E-state index in [1.165, 1.54) is 37.9 Å². The van der Waals surface area contributed by atoms with Gasteiger partial charge >= 0.3 is 11.9 Å². The summed E-state index contributed by atoms with van der Waals surface area (Å²) in [6, 6.07) is 4.62. The minimum atomic E-state index is -0.832. The average Bonchev–Trinajstić information content (AvgIpc) is 3.83. The van der Waals surface area contributed by atoms with Gasteiger partial charge in [-0.25, -0.2) is 9.59 Å². The second-order valence-electron chi connectivity index (χ2n) is 13.0. The molecular formula is C36H44N4O10. The molecule has 0 unspecified atom stereocenters. The van der Waals surface area contributed by atoms with Crippen LogP contribution in [0.25, 0.3) is 12.2 Å². The van der Waals surface area contributed by atoms with E-state index in [1.807, 2.05) is 26.0 Å². The highest BCUT2D eigenvalue weighted by molar-refractivity contribution is 5.86. The first-order valence-corrected chi connectivity index (χ1v) is 16.6. The fourth-order valence-electron chi connectivity index (χ4n) is 8.52. The monoisotopic (exact) mass is 692 g/mol. The number of carbonyl (C=O) groups is 4. The number of aliphatic hydroxyl groups is 2. The topological polar surface area (TPSA) is 178 Å². The Morgan fingerprint density at radius 2 is 1.06 bits per heavy atom. The molecule has 0 radical (unpaired) electrons. The summed E-state index contributed by atoms with van der Waals surface area (Å²) in [5.41, 5.74) is 2.29. The number of allylic oxidation sites excluding steroid dienone is 2. The van der Waals surface area contributed by atoms with E-state index in [-0.39, 0.29) is 48.0 Å². The summed E-state index contributed by atoms with van der Waals surface area (Å²) in [5.74, 6) is -2.97. The Bertz CT molecular complexity index is 1730. The number of ether oxygens (including phenoxy) is 2. The van der Waals surface area contributed by atoms with Crippen molar-refractivity contribution in [3.05, 3.63) is 79.6 Å². The maximum Gasteiger partial charge on any atom is 0.328 e. The highest BCUT2D eigenvalue weighted by atomic mass is 16.5. The third kappa shape index (κ3) is 5.79. The molecule has 6 rings (SSSR count). The molecule has 0 bridgehead atoms. The summed E-state index contributed by atoms with van der Waals surface area (Å²) in [5, 5.41) is 19.7.